The Morgan fingerprint density at radius 2 is 1.97 bits per heavy atom. The number of nitrogens with zero attached hydrogens (tertiary/aromatic N) is 2. The predicted molar refractivity (Wildman–Crippen MR) is 119 cm³/mol. The van der Waals surface area contributed by atoms with Crippen LogP contribution >= 0.6 is 0 Å². The van der Waals surface area contributed by atoms with E-state index in [1.54, 1.807) is 18.2 Å². The zero-order chi connectivity index (χ0) is 22.0. The lowest BCUT2D eigenvalue weighted by Crippen LogP contribution is -2.40. The summed E-state index contributed by atoms with van der Waals surface area (Å²) < 4.78 is 2.84. The summed E-state index contributed by atoms with van der Waals surface area (Å²) in [5.74, 6) is 0.604. The van der Waals surface area contributed by atoms with E-state index >= 15 is 0 Å². The van der Waals surface area contributed by atoms with Crippen LogP contribution in [0.15, 0.2) is 23.0 Å². The molecule has 1 aromatic heterocycles. The molecule has 0 radical (unpaired) electrons. The van der Waals surface area contributed by atoms with Gasteiger partial charge in [-0.15, -0.1) is 0 Å². The molecule has 0 saturated heterocycles. The first-order valence-corrected chi connectivity index (χ1v) is 11.1. The summed E-state index contributed by atoms with van der Waals surface area (Å²) in [5.41, 5.74) is 6.96. The van der Waals surface area contributed by atoms with E-state index in [9.17, 15) is 14.4 Å². The molecule has 1 unspecified atom stereocenters. The topological polar surface area (TPSA) is 99.1 Å². The molecule has 1 saturated carbocycles. The zero-order valence-electron chi connectivity index (χ0n) is 18.5. The van der Waals surface area contributed by atoms with Gasteiger partial charge in [-0.2, -0.15) is 0 Å². The predicted octanol–water partition coefficient (Wildman–Crippen LogP) is 2.86. The first kappa shape index (κ1) is 22.3. The van der Waals surface area contributed by atoms with E-state index in [0.29, 0.717) is 41.5 Å². The molecule has 1 aromatic carbocycles. The number of fused-ring (bicyclic) bond motifs is 1. The minimum atomic E-state index is -0.366. The lowest BCUT2D eigenvalue weighted by Gasteiger charge is -2.36. The molecule has 3 rings (SSSR count). The van der Waals surface area contributed by atoms with E-state index in [-0.39, 0.29) is 35.9 Å². The van der Waals surface area contributed by atoms with E-state index in [0.717, 1.165) is 19.3 Å². The molecule has 164 valence electrons. The first-order valence-electron chi connectivity index (χ1n) is 11.1. The van der Waals surface area contributed by atoms with Crippen molar-refractivity contribution in [2.24, 2.45) is 29.4 Å². The fourth-order valence-corrected chi connectivity index (χ4v) is 4.87. The summed E-state index contributed by atoms with van der Waals surface area (Å²) in [6.07, 6.45) is 2.92. The molecule has 7 nitrogen and oxygen atoms in total. The van der Waals surface area contributed by atoms with Crippen molar-refractivity contribution < 1.29 is 9.59 Å². The Morgan fingerprint density at radius 1 is 1.23 bits per heavy atom. The maximum Gasteiger partial charge on any atom is 0.336 e. The third-order valence-corrected chi connectivity index (χ3v) is 6.44. The normalized spacial score (nSPS) is 21.9. The van der Waals surface area contributed by atoms with Crippen molar-refractivity contribution in [3.8, 4) is 0 Å². The standard InChI is InChI=1S/C23H34N4O3/c1-5-25-21(28)16-7-9-19-20(13-16)26(11-10-24)23(30)27(19)22(29)18-12-15(4)6-8-17(18)14(2)3/h7,9,13-15,17-18H,5-6,8,10-12,24H2,1-4H3,(H,25,28)/t15-,17+,18?/m1/s1. The molecular weight excluding hydrogens is 380 g/mol. The highest BCUT2D eigenvalue weighted by Crippen LogP contribution is 2.39. The van der Waals surface area contributed by atoms with E-state index in [1.165, 1.54) is 9.13 Å². The van der Waals surface area contributed by atoms with Crippen LogP contribution in [0.2, 0.25) is 0 Å². The summed E-state index contributed by atoms with van der Waals surface area (Å²) in [4.78, 5) is 39.2. The van der Waals surface area contributed by atoms with Crippen molar-refractivity contribution in [2.75, 3.05) is 13.1 Å². The van der Waals surface area contributed by atoms with Crippen molar-refractivity contribution in [2.45, 2.75) is 53.5 Å². The number of carbonyl (C=O) groups is 2. The van der Waals surface area contributed by atoms with Crippen LogP contribution in [-0.4, -0.2) is 34.0 Å². The molecule has 0 spiro atoms. The largest absolute Gasteiger partial charge is 0.352 e. The Bertz CT molecular complexity index is 988. The number of hydrogen-bond donors (Lipinski definition) is 2. The van der Waals surface area contributed by atoms with Gasteiger partial charge in [0.2, 0.25) is 5.91 Å². The van der Waals surface area contributed by atoms with Gasteiger partial charge in [-0.3, -0.25) is 14.2 Å². The van der Waals surface area contributed by atoms with Crippen LogP contribution in [0.4, 0.5) is 0 Å². The third kappa shape index (κ3) is 4.08. The highest BCUT2D eigenvalue weighted by Gasteiger charge is 2.37. The molecule has 1 fully saturated rings. The molecule has 1 amide bonds. The van der Waals surface area contributed by atoms with Gasteiger partial charge in [-0.25, -0.2) is 9.36 Å². The molecule has 0 aliphatic heterocycles. The number of rotatable bonds is 6. The Kier molecular flexibility index (Phi) is 6.81. The van der Waals surface area contributed by atoms with E-state index in [4.69, 9.17) is 5.73 Å². The lowest BCUT2D eigenvalue weighted by atomic mass is 9.69. The fraction of sp³-hybridized carbons (Fsp3) is 0.609. The second-order valence-electron chi connectivity index (χ2n) is 8.89. The molecule has 30 heavy (non-hydrogen) atoms. The zero-order valence-corrected chi connectivity index (χ0v) is 18.5. The summed E-state index contributed by atoms with van der Waals surface area (Å²) in [7, 11) is 0. The minimum absolute atomic E-state index is 0.128. The van der Waals surface area contributed by atoms with Gasteiger partial charge in [0, 0.05) is 31.1 Å². The Hall–Kier alpha value is -2.41. The lowest BCUT2D eigenvalue weighted by molar-refractivity contribution is 0.0633. The number of carbonyl (C=O) groups excluding carboxylic acids is 2. The molecule has 1 aliphatic carbocycles. The van der Waals surface area contributed by atoms with E-state index in [1.807, 2.05) is 6.92 Å². The van der Waals surface area contributed by atoms with Crippen molar-refractivity contribution in [3.63, 3.8) is 0 Å². The molecule has 3 atom stereocenters. The molecule has 2 aromatic rings. The number of hydrogen-bond acceptors (Lipinski definition) is 4. The molecule has 3 N–H and O–H groups in total. The average Bonchev–Trinajstić information content (AvgIpc) is 2.98. The Balaban J connectivity index is 2.13. The monoisotopic (exact) mass is 414 g/mol. The minimum Gasteiger partial charge on any atom is -0.352 e. The molecule has 7 heteroatoms. The number of aromatic nitrogens is 2. The Labute approximate surface area is 177 Å². The van der Waals surface area contributed by atoms with Gasteiger partial charge in [0.05, 0.1) is 11.0 Å². The number of amides is 1. The second-order valence-corrected chi connectivity index (χ2v) is 8.89. The maximum atomic E-state index is 13.7. The molecular formula is C23H34N4O3. The van der Waals surface area contributed by atoms with Crippen LogP contribution in [0.1, 0.15) is 62.1 Å². The fourth-order valence-electron chi connectivity index (χ4n) is 4.87. The van der Waals surface area contributed by atoms with Crippen molar-refractivity contribution in [1.29, 1.82) is 0 Å². The number of benzene rings is 1. The van der Waals surface area contributed by atoms with Crippen molar-refractivity contribution in [1.82, 2.24) is 14.5 Å². The van der Waals surface area contributed by atoms with Gasteiger partial charge in [0.25, 0.3) is 5.91 Å². The van der Waals surface area contributed by atoms with Gasteiger partial charge in [0.1, 0.15) is 0 Å². The quantitative estimate of drug-likeness (QED) is 0.759. The van der Waals surface area contributed by atoms with Gasteiger partial charge < -0.3 is 11.1 Å². The first-order chi connectivity index (χ1) is 14.3. The average molecular weight is 415 g/mol. The SMILES string of the molecule is CCNC(=O)c1ccc2c(c1)n(CCN)c(=O)n2C(=O)C1C[C@H](C)CC[C@H]1C(C)C. The van der Waals surface area contributed by atoms with Gasteiger partial charge >= 0.3 is 5.69 Å². The van der Waals surface area contributed by atoms with Gasteiger partial charge in [-0.1, -0.05) is 27.2 Å². The Morgan fingerprint density at radius 3 is 2.60 bits per heavy atom. The maximum absolute atomic E-state index is 13.7. The van der Waals surface area contributed by atoms with Crippen LogP contribution in [0.5, 0.6) is 0 Å². The van der Waals surface area contributed by atoms with Gasteiger partial charge in [0.15, 0.2) is 0 Å². The third-order valence-electron chi connectivity index (χ3n) is 6.44. The molecule has 0 bridgehead atoms. The van der Waals surface area contributed by atoms with Crippen molar-refractivity contribution in [3.05, 3.63) is 34.2 Å². The van der Waals surface area contributed by atoms with Gasteiger partial charge in [-0.05, 0) is 55.7 Å². The summed E-state index contributed by atoms with van der Waals surface area (Å²) in [6, 6.07) is 5.07. The molecule has 1 aliphatic rings. The summed E-state index contributed by atoms with van der Waals surface area (Å²) in [6.45, 7) is 9.42. The summed E-state index contributed by atoms with van der Waals surface area (Å²) >= 11 is 0. The van der Waals surface area contributed by atoms with Crippen LogP contribution in [0, 0.1) is 23.7 Å². The number of imidazole rings is 1. The van der Waals surface area contributed by atoms with Crippen LogP contribution < -0.4 is 16.7 Å². The van der Waals surface area contributed by atoms with E-state index < -0.39 is 0 Å². The highest BCUT2D eigenvalue weighted by atomic mass is 16.2. The number of nitrogens with two attached hydrogens (primary N) is 1. The van der Waals surface area contributed by atoms with Crippen molar-refractivity contribution >= 4 is 22.8 Å². The highest BCUT2D eigenvalue weighted by molar-refractivity contribution is 5.99. The number of nitrogens with one attached hydrogen (secondary N) is 1. The van der Waals surface area contributed by atoms with E-state index in [2.05, 4.69) is 26.1 Å². The smallest absolute Gasteiger partial charge is 0.336 e. The van der Waals surface area contributed by atoms with Crippen LogP contribution in [-0.2, 0) is 6.54 Å². The summed E-state index contributed by atoms with van der Waals surface area (Å²) in [5, 5.41) is 2.77. The second kappa shape index (κ2) is 9.16. The van der Waals surface area contributed by atoms with Crippen LogP contribution in [0.3, 0.4) is 0 Å². The van der Waals surface area contributed by atoms with Crippen LogP contribution in [0.25, 0.3) is 11.0 Å². The molecule has 1 heterocycles.